The van der Waals surface area contributed by atoms with Crippen LogP contribution in [0.2, 0.25) is 0 Å². The molecule has 0 heterocycles. The van der Waals surface area contributed by atoms with Crippen LogP contribution in [0.3, 0.4) is 0 Å². The predicted molar refractivity (Wildman–Crippen MR) is 123 cm³/mol. The Morgan fingerprint density at radius 2 is 1.50 bits per heavy atom. The van der Waals surface area contributed by atoms with Crippen LogP contribution in [0, 0.1) is 52.3 Å². The van der Waals surface area contributed by atoms with E-state index in [1.807, 2.05) is 0 Å². The van der Waals surface area contributed by atoms with Gasteiger partial charge in [-0.1, -0.05) is 60.3 Å². The molecule has 4 aliphatic rings. The second-order valence-corrected chi connectivity index (χ2v) is 13.1. The van der Waals surface area contributed by atoms with Crippen molar-refractivity contribution in [2.24, 2.45) is 52.3 Å². The van der Waals surface area contributed by atoms with Crippen molar-refractivity contribution in [3.63, 3.8) is 0 Å². The van der Waals surface area contributed by atoms with Gasteiger partial charge in [0.15, 0.2) is 0 Å². The summed E-state index contributed by atoms with van der Waals surface area (Å²) in [6.45, 7) is 12.7. The molecule has 4 saturated carbocycles. The van der Waals surface area contributed by atoms with Crippen molar-refractivity contribution in [1.29, 1.82) is 0 Å². The Kier molecular flexibility index (Phi) is 6.22. The van der Waals surface area contributed by atoms with Crippen molar-refractivity contribution in [2.75, 3.05) is 0 Å². The van der Waals surface area contributed by atoms with E-state index in [1.165, 1.54) is 77.0 Å². The van der Waals surface area contributed by atoms with E-state index in [-0.39, 0.29) is 0 Å². The minimum absolute atomic E-state index is 0.463. The Labute approximate surface area is 181 Å². The average Bonchev–Trinajstić information content (AvgIpc) is 2.98. The van der Waals surface area contributed by atoms with Gasteiger partial charge in [-0.3, -0.25) is 0 Å². The van der Waals surface area contributed by atoms with Gasteiger partial charge in [-0.15, -0.1) is 11.6 Å². The Bertz CT molecular complexity index is 540. The maximum atomic E-state index is 6.89. The third-order valence-electron chi connectivity index (χ3n) is 10.8. The summed E-state index contributed by atoms with van der Waals surface area (Å²) in [4.78, 5) is 0. The van der Waals surface area contributed by atoms with E-state index in [1.54, 1.807) is 0 Å². The number of halogens is 1. The summed E-state index contributed by atoms with van der Waals surface area (Å²) >= 11 is 6.89. The molecule has 0 saturated heterocycles. The van der Waals surface area contributed by atoms with E-state index in [4.69, 9.17) is 11.6 Å². The van der Waals surface area contributed by atoms with Crippen LogP contribution in [-0.2, 0) is 0 Å². The maximum Gasteiger partial charge on any atom is 0.0369 e. The lowest BCUT2D eigenvalue weighted by Crippen LogP contribution is -2.55. The molecule has 0 aromatic rings. The van der Waals surface area contributed by atoms with Gasteiger partial charge in [-0.2, -0.15) is 0 Å². The Morgan fingerprint density at radius 3 is 2.25 bits per heavy atom. The molecule has 0 aliphatic heterocycles. The summed E-state index contributed by atoms with van der Waals surface area (Å²) in [5.74, 6) is 6.59. The molecule has 0 N–H and O–H groups in total. The van der Waals surface area contributed by atoms with E-state index in [9.17, 15) is 0 Å². The van der Waals surface area contributed by atoms with Crippen LogP contribution >= 0.6 is 11.6 Å². The van der Waals surface area contributed by atoms with E-state index in [2.05, 4.69) is 34.6 Å². The van der Waals surface area contributed by atoms with Crippen molar-refractivity contribution in [3.05, 3.63) is 0 Å². The fraction of sp³-hybridized carbons (Fsp3) is 1.00. The average molecular weight is 407 g/mol. The Balaban J connectivity index is 1.47. The van der Waals surface area contributed by atoms with Crippen LogP contribution in [0.15, 0.2) is 0 Å². The molecule has 0 spiro atoms. The Morgan fingerprint density at radius 1 is 0.786 bits per heavy atom. The first-order chi connectivity index (χ1) is 13.3. The third kappa shape index (κ3) is 3.50. The minimum Gasteiger partial charge on any atom is -0.123 e. The molecule has 4 fully saturated rings. The summed E-state index contributed by atoms with van der Waals surface area (Å²) in [7, 11) is 0. The molecule has 0 amide bonds. The van der Waals surface area contributed by atoms with Gasteiger partial charge in [-0.25, -0.2) is 0 Å². The van der Waals surface area contributed by atoms with Crippen molar-refractivity contribution in [1.82, 2.24) is 0 Å². The van der Waals surface area contributed by atoms with Crippen molar-refractivity contribution >= 4 is 11.6 Å². The molecule has 162 valence electrons. The topological polar surface area (TPSA) is 0 Å². The molecular weight excluding hydrogens is 360 g/mol. The standard InChI is InChI=1S/C27H47Cl/c1-18(2)8-6-9-19(3)21-13-14-22-20-11-12-24-25(28)10-7-16-26(24,4)23(20)15-17-27(21,22)5/h18-25H,6-17H2,1-5H3/t19-,20+,21-,22+,23+,24?,25?,26-,27-/m1/s1. The second kappa shape index (κ2) is 8.09. The number of alkyl halides is 1. The monoisotopic (exact) mass is 406 g/mol. The first-order valence-corrected chi connectivity index (χ1v) is 13.3. The fourth-order valence-corrected chi connectivity index (χ4v) is 9.92. The largest absolute Gasteiger partial charge is 0.123 e. The van der Waals surface area contributed by atoms with Crippen LogP contribution in [-0.4, -0.2) is 5.38 Å². The molecular formula is C27H47Cl. The van der Waals surface area contributed by atoms with Crippen molar-refractivity contribution in [2.45, 2.75) is 117 Å². The molecule has 4 rings (SSSR count). The van der Waals surface area contributed by atoms with Crippen molar-refractivity contribution < 1.29 is 0 Å². The number of hydrogen-bond donors (Lipinski definition) is 0. The van der Waals surface area contributed by atoms with E-state index in [0.29, 0.717) is 16.2 Å². The van der Waals surface area contributed by atoms with E-state index in [0.717, 1.165) is 41.4 Å². The summed E-state index contributed by atoms with van der Waals surface area (Å²) in [5.41, 5.74) is 1.19. The molecule has 4 aliphatic carbocycles. The van der Waals surface area contributed by atoms with Crippen LogP contribution in [0.25, 0.3) is 0 Å². The minimum atomic E-state index is 0.463. The van der Waals surface area contributed by atoms with Gasteiger partial charge in [-0.05, 0) is 104 Å². The van der Waals surface area contributed by atoms with E-state index >= 15 is 0 Å². The Hall–Kier alpha value is 0.290. The molecule has 28 heavy (non-hydrogen) atoms. The summed E-state index contributed by atoms with van der Waals surface area (Å²) in [6, 6.07) is 0. The van der Waals surface area contributed by atoms with Gasteiger partial charge in [0.2, 0.25) is 0 Å². The van der Waals surface area contributed by atoms with Gasteiger partial charge < -0.3 is 0 Å². The number of hydrogen-bond acceptors (Lipinski definition) is 0. The smallest absolute Gasteiger partial charge is 0.0369 e. The van der Waals surface area contributed by atoms with Crippen LogP contribution in [0.5, 0.6) is 0 Å². The highest BCUT2D eigenvalue weighted by atomic mass is 35.5. The van der Waals surface area contributed by atoms with Gasteiger partial charge >= 0.3 is 0 Å². The number of fused-ring (bicyclic) bond motifs is 5. The SMILES string of the molecule is CC(C)CCC[C@@H](C)[C@H]1CC[C@H]2[C@@H]3CCC4C(Cl)CCC[C@]4(C)[C@H]3CC[C@]12C. The van der Waals surface area contributed by atoms with Crippen LogP contribution < -0.4 is 0 Å². The quantitative estimate of drug-likeness (QED) is 0.400. The first-order valence-electron chi connectivity index (χ1n) is 12.9. The van der Waals surface area contributed by atoms with Crippen LogP contribution in [0.4, 0.5) is 0 Å². The highest BCUT2D eigenvalue weighted by Crippen LogP contribution is 2.68. The molecule has 0 aromatic heterocycles. The molecule has 0 nitrogen and oxygen atoms in total. The lowest BCUT2D eigenvalue weighted by molar-refractivity contribution is -0.113. The maximum absolute atomic E-state index is 6.89. The summed E-state index contributed by atoms with van der Waals surface area (Å²) in [6.07, 6.45) is 17.4. The summed E-state index contributed by atoms with van der Waals surface area (Å²) < 4.78 is 0. The normalized spacial score (nSPS) is 49.4. The molecule has 2 unspecified atom stereocenters. The lowest BCUT2D eigenvalue weighted by Gasteiger charge is -2.61. The lowest BCUT2D eigenvalue weighted by atomic mass is 9.44. The molecule has 9 atom stereocenters. The third-order valence-corrected chi connectivity index (χ3v) is 11.3. The predicted octanol–water partition coefficient (Wildman–Crippen LogP) is 8.72. The van der Waals surface area contributed by atoms with Crippen LogP contribution in [0.1, 0.15) is 112 Å². The van der Waals surface area contributed by atoms with Gasteiger partial charge in [0.25, 0.3) is 0 Å². The summed E-state index contributed by atoms with van der Waals surface area (Å²) in [5, 5.41) is 0.463. The zero-order chi connectivity index (χ0) is 20.1. The van der Waals surface area contributed by atoms with Gasteiger partial charge in [0.05, 0.1) is 0 Å². The molecule has 1 heteroatoms. The highest BCUT2D eigenvalue weighted by Gasteiger charge is 2.60. The zero-order valence-corrected chi connectivity index (χ0v) is 20.2. The molecule has 0 bridgehead atoms. The van der Waals surface area contributed by atoms with Crippen molar-refractivity contribution in [3.8, 4) is 0 Å². The first kappa shape index (κ1) is 21.5. The fourth-order valence-electron chi connectivity index (χ4n) is 9.35. The second-order valence-electron chi connectivity index (χ2n) is 12.5. The van der Waals surface area contributed by atoms with Gasteiger partial charge in [0, 0.05) is 5.38 Å². The molecule has 0 radical (unpaired) electrons. The highest BCUT2D eigenvalue weighted by molar-refractivity contribution is 6.20. The van der Waals surface area contributed by atoms with E-state index < -0.39 is 0 Å². The number of rotatable bonds is 5. The zero-order valence-electron chi connectivity index (χ0n) is 19.5. The molecule has 0 aromatic carbocycles. The van der Waals surface area contributed by atoms with Gasteiger partial charge in [0.1, 0.15) is 0 Å².